The van der Waals surface area contributed by atoms with E-state index in [0.717, 1.165) is 5.69 Å². The third-order valence-electron chi connectivity index (χ3n) is 3.65. The summed E-state index contributed by atoms with van der Waals surface area (Å²) < 4.78 is 24.4. The van der Waals surface area contributed by atoms with E-state index in [2.05, 4.69) is 20.6 Å². The number of anilines is 4. The molecule has 0 fully saturated rings. The summed E-state index contributed by atoms with van der Waals surface area (Å²) in [7, 11) is 3.17. The van der Waals surface area contributed by atoms with Crippen LogP contribution in [0.15, 0.2) is 48.5 Å². The molecule has 0 aliphatic heterocycles. The van der Waals surface area contributed by atoms with E-state index in [1.54, 1.807) is 51.5 Å². The number of para-hydroxylation sites is 1. The van der Waals surface area contributed by atoms with Gasteiger partial charge in [-0.15, -0.1) is 0 Å². The van der Waals surface area contributed by atoms with Crippen LogP contribution in [0.4, 0.5) is 27.4 Å². The van der Waals surface area contributed by atoms with Crippen molar-refractivity contribution >= 4 is 23.0 Å². The van der Waals surface area contributed by atoms with Crippen molar-refractivity contribution in [3.8, 4) is 11.5 Å². The Labute approximate surface area is 151 Å². The molecule has 0 amide bonds. The van der Waals surface area contributed by atoms with Crippen molar-refractivity contribution in [3.05, 3.63) is 60.2 Å². The van der Waals surface area contributed by atoms with Gasteiger partial charge in [0.15, 0.2) is 0 Å². The summed E-state index contributed by atoms with van der Waals surface area (Å²) in [6.45, 7) is 1.77. The van der Waals surface area contributed by atoms with Crippen molar-refractivity contribution in [3.63, 3.8) is 0 Å². The number of hydrogen-bond acceptors (Lipinski definition) is 6. The van der Waals surface area contributed by atoms with Gasteiger partial charge in [-0.05, 0) is 31.2 Å². The van der Waals surface area contributed by atoms with Gasteiger partial charge < -0.3 is 20.1 Å². The fraction of sp³-hybridized carbons (Fsp3) is 0.158. The monoisotopic (exact) mass is 354 g/mol. The second kappa shape index (κ2) is 7.69. The van der Waals surface area contributed by atoms with E-state index in [1.165, 1.54) is 6.07 Å². The molecular weight excluding hydrogens is 335 g/mol. The first-order chi connectivity index (χ1) is 12.6. The number of benzene rings is 2. The van der Waals surface area contributed by atoms with Crippen LogP contribution in [0.5, 0.6) is 11.5 Å². The quantitative estimate of drug-likeness (QED) is 0.683. The molecule has 0 spiro atoms. The maximum Gasteiger partial charge on any atom is 0.146 e. The Kier molecular flexibility index (Phi) is 5.17. The SMILES string of the molecule is COc1ccc(Nc2cc(Nc3ccccc3F)nc(C)n2)c(OC)c1. The molecule has 0 unspecified atom stereocenters. The van der Waals surface area contributed by atoms with E-state index < -0.39 is 0 Å². The Morgan fingerprint density at radius 1 is 0.846 bits per heavy atom. The zero-order valence-corrected chi connectivity index (χ0v) is 14.7. The number of methoxy groups -OCH3 is 2. The molecule has 0 atom stereocenters. The van der Waals surface area contributed by atoms with Crippen LogP contribution in [-0.2, 0) is 0 Å². The molecule has 3 rings (SSSR count). The van der Waals surface area contributed by atoms with Crippen LogP contribution in [0, 0.1) is 12.7 Å². The highest BCUT2D eigenvalue weighted by molar-refractivity contribution is 5.68. The van der Waals surface area contributed by atoms with Gasteiger partial charge in [0.1, 0.15) is 34.8 Å². The largest absolute Gasteiger partial charge is 0.497 e. The van der Waals surface area contributed by atoms with Gasteiger partial charge in [0.05, 0.1) is 25.6 Å². The van der Waals surface area contributed by atoms with Crippen molar-refractivity contribution in [2.75, 3.05) is 24.9 Å². The van der Waals surface area contributed by atoms with Crippen LogP contribution in [0.2, 0.25) is 0 Å². The van der Waals surface area contributed by atoms with Crippen molar-refractivity contribution in [2.45, 2.75) is 6.92 Å². The Morgan fingerprint density at radius 2 is 1.54 bits per heavy atom. The van der Waals surface area contributed by atoms with Crippen LogP contribution < -0.4 is 20.1 Å². The number of hydrogen-bond donors (Lipinski definition) is 2. The predicted octanol–water partition coefficient (Wildman–Crippen LogP) is 4.43. The second-order valence-corrected chi connectivity index (χ2v) is 5.48. The van der Waals surface area contributed by atoms with Gasteiger partial charge in [0, 0.05) is 12.1 Å². The molecule has 1 heterocycles. The third-order valence-corrected chi connectivity index (χ3v) is 3.65. The molecule has 7 heteroatoms. The topological polar surface area (TPSA) is 68.3 Å². The highest BCUT2D eigenvalue weighted by Crippen LogP contribution is 2.31. The fourth-order valence-corrected chi connectivity index (χ4v) is 2.44. The number of nitrogens with one attached hydrogen (secondary N) is 2. The number of halogens is 1. The normalized spacial score (nSPS) is 10.3. The Morgan fingerprint density at radius 3 is 2.19 bits per heavy atom. The molecule has 134 valence electrons. The van der Waals surface area contributed by atoms with E-state index >= 15 is 0 Å². The molecule has 6 nitrogen and oxygen atoms in total. The number of aryl methyl sites for hydroxylation is 1. The lowest BCUT2D eigenvalue weighted by atomic mass is 10.2. The molecule has 3 aromatic rings. The highest BCUT2D eigenvalue weighted by atomic mass is 19.1. The summed E-state index contributed by atoms with van der Waals surface area (Å²) in [6.07, 6.45) is 0. The van der Waals surface area contributed by atoms with Crippen LogP contribution in [-0.4, -0.2) is 24.2 Å². The van der Waals surface area contributed by atoms with Crippen LogP contribution in [0.25, 0.3) is 0 Å². The number of ether oxygens (including phenoxy) is 2. The average Bonchev–Trinajstić information content (AvgIpc) is 2.63. The lowest BCUT2D eigenvalue weighted by Gasteiger charge is -2.13. The van der Waals surface area contributed by atoms with Crippen molar-refractivity contribution in [1.29, 1.82) is 0 Å². The van der Waals surface area contributed by atoms with E-state index in [-0.39, 0.29) is 5.82 Å². The van der Waals surface area contributed by atoms with Crippen molar-refractivity contribution in [1.82, 2.24) is 9.97 Å². The summed E-state index contributed by atoms with van der Waals surface area (Å²) in [5, 5.41) is 6.16. The number of rotatable bonds is 6. The number of nitrogens with zero attached hydrogens (tertiary/aromatic N) is 2. The van der Waals surface area contributed by atoms with Gasteiger partial charge in [0.2, 0.25) is 0 Å². The number of aromatic nitrogens is 2. The fourth-order valence-electron chi connectivity index (χ4n) is 2.44. The maximum absolute atomic E-state index is 13.8. The molecule has 0 saturated heterocycles. The van der Waals surface area contributed by atoms with E-state index in [9.17, 15) is 4.39 Å². The van der Waals surface area contributed by atoms with E-state index in [1.807, 2.05) is 12.1 Å². The molecule has 0 aliphatic carbocycles. The average molecular weight is 354 g/mol. The third kappa shape index (κ3) is 4.00. The molecule has 0 bridgehead atoms. The Bertz CT molecular complexity index is 918. The highest BCUT2D eigenvalue weighted by Gasteiger charge is 2.09. The van der Waals surface area contributed by atoms with Crippen LogP contribution in [0.3, 0.4) is 0 Å². The molecule has 0 aliphatic rings. The molecule has 0 saturated carbocycles. The van der Waals surface area contributed by atoms with Gasteiger partial charge in [-0.1, -0.05) is 12.1 Å². The maximum atomic E-state index is 13.8. The molecule has 0 radical (unpaired) electrons. The predicted molar refractivity (Wildman–Crippen MR) is 99.3 cm³/mol. The van der Waals surface area contributed by atoms with Crippen molar-refractivity contribution in [2.24, 2.45) is 0 Å². The van der Waals surface area contributed by atoms with Crippen molar-refractivity contribution < 1.29 is 13.9 Å². The minimum absolute atomic E-state index is 0.346. The minimum atomic E-state index is -0.352. The minimum Gasteiger partial charge on any atom is -0.497 e. The summed E-state index contributed by atoms with van der Waals surface area (Å²) in [6, 6.07) is 13.5. The Hall–Kier alpha value is -3.35. The summed E-state index contributed by atoms with van der Waals surface area (Å²) in [5.74, 6) is 2.53. The smallest absolute Gasteiger partial charge is 0.146 e. The first-order valence-electron chi connectivity index (χ1n) is 7.95. The first-order valence-corrected chi connectivity index (χ1v) is 7.95. The molecule has 1 aromatic heterocycles. The van der Waals surface area contributed by atoms with Gasteiger partial charge in [-0.2, -0.15) is 0 Å². The summed E-state index contributed by atoms with van der Waals surface area (Å²) in [5.41, 5.74) is 1.07. The molecular formula is C19H19FN4O2. The Balaban J connectivity index is 1.87. The standard InChI is InChI=1S/C19H19FN4O2/c1-12-21-18(23-15-7-5-4-6-14(15)20)11-19(22-12)24-16-9-8-13(25-2)10-17(16)26-3/h4-11H,1-3H3,(H2,21,22,23,24). The van der Waals surface area contributed by atoms with Gasteiger partial charge in [-0.3, -0.25) is 0 Å². The van der Waals surface area contributed by atoms with Crippen LogP contribution >= 0.6 is 0 Å². The summed E-state index contributed by atoms with van der Waals surface area (Å²) in [4.78, 5) is 8.67. The van der Waals surface area contributed by atoms with E-state index in [4.69, 9.17) is 9.47 Å². The zero-order chi connectivity index (χ0) is 18.5. The molecule has 2 N–H and O–H groups in total. The first kappa shape index (κ1) is 17.5. The van der Waals surface area contributed by atoms with E-state index in [0.29, 0.717) is 34.6 Å². The lowest BCUT2D eigenvalue weighted by molar-refractivity contribution is 0.395. The zero-order valence-electron chi connectivity index (χ0n) is 14.7. The second-order valence-electron chi connectivity index (χ2n) is 5.48. The van der Waals surface area contributed by atoms with Gasteiger partial charge in [-0.25, -0.2) is 14.4 Å². The lowest BCUT2D eigenvalue weighted by Crippen LogP contribution is -2.03. The van der Waals surface area contributed by atoms with Gasteiger partial charge in [0.25, 0.3) is 0 Å². The van der Waals surface area contributed by atoms with Crippen LogP contribution in [0.1, 0.15) is 5.82 Å². The molecule has 2 aromatic carbocycles. The molecule has 26 heavy (non-hydrogen) atoms. The summed E-state index contributed by atoms with van der Waals surface area (Å²) >= 11 is 0. The van der Waals surface area contributed by atoms with Gasteiger partial charge >= 0.3 is 0 Å².